The number of nitrogens with one attached hydrogen (secondary N) is 1. The third-order valence-electron chi connectivity index (χ3n) is 2.68. The van der Waals surface area contributed by atoms with Gasteiger partial charge in [-0.15, -0.1) is 0 Å². The smallest absolute Gasteiger partial charge is 0.241 e. The Morgan fingerprint density at radius 2 is 2.21 bits per heavy atom. The zero-order valence-corrected chi connectivity index (χ0v) is 11.2. The van der Waals surface area contributed by atoms with Crippen molar-refractivity contribution in [3.63, 3.8) is 0 Å². The van der Waals surface area contributed by atoms with Crippen molar-refractivity contribution in [2.45, 2.75) is 24.3 Å². The Bertz CT molecular complexity index is 730. The molecule has 1 atom stereocenters. The number of sulfonamides is 1. The quantitative estimate of drug-likeness (QED) is 0.922. The maximum Gasteiger partial charge on any atom is 0.241 e. The molecule has 2 rings (SSSR count). The topological polar surface area (TPSA) is 82.9 Å². The van der Waals surface area contributed by atoms with Gasteiger partial charge in [-0.05, 0) is 19.1 Å². The van der Waals surface area contributed by atoms with E-state index in [9.17, 15) is 8.42 Å². The number of benzene rings is 1. The van der Waals surface area contributed by atoms with Crippen molar-refractivity contribution in [1.29, 1.82) is 5.26 Å². The molecule has 0 radical (unpaired) electrons. The lowest BCUT2D eigenvalue weighted by molar-refractivity contribution is 0.564. The highest BCUT2D eigenvalue weighted by molar-refractivity contribution is 7.89. The SMILES string of the molecule is CC(CC#N)NS(=O)(=O)c1cccc2cnccc12. The summed E-state index contributed by atoms with van der Waals surface area (Å²) in [5.41, 5.74) is 0. The molecule has 1 aromatic heterocycles. The fraction of sp³-hybridized carbons (Fsp3) is 0.231. The first kappa shape index (κ1) is 13.5. The van der Waals surface area contributed by atoms with Crippen LogP contribution in [-0.2, 0) is 10.0 Å². The van der Waals surface area contributed by atoms with Crippen LogP contribution in [0, 0.1) is 11.3 Å². The van der Waals surface area contributed by atoms with Gasteiger partial charge < -0.3 is 0 Å². The lowest BCUT2D eigenvalue weighted by atomic mass is 10.2. The van der Waals surface area contributed by atoms with Crippen LogP contribution >= 0.6 is 0 Å². The van der Waals surface area contributed by atoms with E-state index in [0.717, 1.165) is 5.39 Å². The van der Waals surface area contributed by atoms with E-state index in [2.05, 4.69) is 9.71 Å². The van der Waals surface area contributed by atoms with Crippen molar-refractivity contribution in [3.8, 4) is 6.07 Å². The van der Waals surface area contributed by atoms with Crippen LogP contribution in [0.15, 0.2) is 41.6 Å². The molecule has 0 spiro atoms. The summed E-state index contributed by atoms with van der Waals surface area (Å²) in [5, 5.41) is 9.96. The predicted octanol–water partition coefficient (Wildman–Crippen LogP) is 1.82. The second-order valence-corrected chi connectivity index (χ2v) is 5.92. The summed E-state index contributed by atoms with van der Waals surface area (Å²) in [5.74, 6) is 0. The Hall–Kier alpha value is -1.97. The van der Waals surface area contributed by atoms with Crippen LogP contribution in [-0.4, -0.2) is 19.4 Å². The molecule has 0 fully saturated rings. The molecular formula is C13H13N3O2S. The third-order valence-corrected chi connectivity index (χ3v) is 4.33. The van der Waals surface area contributed by atoms with Crippen LogP contribution in [0.25, 0.3) is 10.8 Å². The zero-order chi connectivity index (χ0) is 13.9. The Morgan fingerprint density at radius 1 is 1.42 bits per heavy atom. The number of nitrogens with zero attached hydrogens (tertiary/aromatic N) is 2. The minimum atomic E-state index is -3.64. The van der Waals surface area contributed by atoms with Gasteiger partial charge in [0.25, 0.3) is 0 Å². The van der Waals surface area contributed by atoms with Crippen LogP contribution in [0.2, 0.25) is 0 Å². The molecule has 1 heterocycles. The van der Waals surface area contributed by atoms with Crippen molar-refractivity contribution < 1.29 is 8.42 Å². The predicted molar refractivity (Wildman–Crippen MR) is 71.8 cm³/mol. The van der Waals surface area contributed by atoms with Crippen LogP contribution in [0.4, 0.5) is 0 Å². The normalized spacial score (nSPS) is 13.1. The van der Waals surface area contributed by atoms with Crippen LogP contribution in [0.1, 0.15) is 13.3 Å². The number of rotatable bonds is 4. The molecular weight excluding hydrogens is 262 g/mol. The van der Waals surface area contributed by atoms with E-state index in [1.807, 2.05) is 6.07 Å². The highest BCUT2D eigenvalue weighted by Crippen LogP contribution is 2.22. The number of nitriles is 1. The number of aromatic nitrogens is 1. The van der Waals surface area contributed by atoms with Crippen LogP contribution < -0.4 is 4.72 Å². The van der Waals surface area contributed by atoms with E-state index in [1.54, 1.807) is 43.6 Å². The average molecular weight is 275 g/mol. The summed E-state index contributed by atoms with van der Waals surface area (Å²) in [6.45, 7) is 1.66. The van der Waals surface area contributed by atoms with Gasteiger partial charge in [0, 0.05) is 29.2 Å². The van der Waals surface area contributed by atoms with Crippen molar-refractivity contribution in [2.75, 3.05) is 0 Å². The van der Waals surface area contributed by atoms with Crippen molar-refractivity contribution in [3.05, 3.63) is 36.7 Å². The number of pyridine rings is 1. The molecule has 0 saturated heterocycles. The summed E-state index contributed by atoms with van der Waals surface area (Å²) in [7, 11) is -3.64. The molecule has 2 aromatic rings. The first-order valence-corrected chi connectivity index (χ1v) is 7.25. The number of hydrogen-bond acceptors (Lipinski definition) is 4. The minimum Gasteiger partial charge on any atom is -0.264 e. The van der Waals surface area contributed by atoms with Gasteiger partial charge in [0.1, 0.15) is 0 Å². The summed E-state index contributed by atoms with van der Waals surface area (Å²) in [6, 6.07) is 8.21. The third kappa shape index (κ3) is 2.89. The standard InChI is InChI=1S/C13H13N3O2S/c1-10(5-7-14)16-19(17,18)13-4-2-3-11-9-15-8-6-12(11)13/h2-4,6,8-10,16H,5H2,1H3. The number of hydrogen-bond donors (Lipinski definition) is 1. The number of fused-ring (bicyclic) bond motifs is 1. The van der Waals surface area contributed by atoms with Gasteiger partial charge in [0.2, 0.25) is 10.0 Å². The molecule has 0 aliphatic heterocycles. The van der Waals surface area contributed by atoms with Crippen molar-refractivity contribution in [1.82, 2.24) is 9.71 Å². The highest BCUT2D eigenvalue weighted by Gasteiger charge is 2.19. The van der Waals surface area contributed by atoms with E-state index >= 15 is 0 Å². The summed E-state index contributed by atoms with van der Waals surface area (Å²) < 4.78 is 27.1. The van der Waals surface area contributed by atoms with E-state index < -0.39 is 16.1 Å². The van der Waals surface area contributed by atoms with Crippen LogP contribution in [0.5, 0.6) is 0 Å². The summed E-state index contributed by atoms with van der Waals surface area (Å²) in [6.07, 6.45) is 3.30. The van der Waals surface area contributed by atoms with Crippen molar-refractivity contribution in [2.24, 2.45) is 0 Å². The molecule has 0 bridgehead atoms. The van der Waals surface area contributed by atoms with Gasteiger partial charge in [-0.1, -0.05) is 12.1 Å². The van der Waals surface area contributed by atoms with Crippen LogP contribution in [0.3, 0.4) is 0 Å². The lowest BCUT2D eigenvalue weighted by Crippen LogP contribution is -2.32. The van der Waals surface area contributed by atoms with E-state index in [0.29, 0.717) is 5.39 Å². The Balaban J connectivity index is 2.47. The van der Waals surface area contributed by atoms with Gasteiger partial charge in [-0.2, -0.15) is 5.26 Å². The van der Waals surface area contributed by atoms with E-state index in [1.165, 1.54) is 0 Å². The first-order valence-electron chi connectivity index (χ1n) is 5.76. The lowest BCUT2D eigenvalue weighted by Gasteiger charge is -2.12. The fourth-order valence-corrected chi connectivity index (χ4v) is 3.31. The van der Waals surface area contributed by atoms with Crippen molar-refractivity contribution >= 4 is 20.8 Å². The molecule has 0 amide bonds. The van der Waals surface area contributed by atoms with E-state index in [4.69, 9.17) is 5.26 Å². The molecule has 19 heavy (non-hydrogen) atoms. The van der Waals surface area contributed by atoms with E-state index in [-0.39, 0.29) is 11.3 Å². The highest BCUT2D eigenvalue weighted by atomic mass is 32.2. The monoisotopic (exact) mass is 275 g/mol. The van der Waals surface area contributed by atoms with Gasteiger partial charge in [0.15, 0.2) is 0 Å². The molecule has 6 heteroatoms. The average Bonchev–Trinajstić information content (AvgIpc) is 2.37. The summed E-state index contributed by atoms with van der Waals surface area (Å²) in [4.78, 5) is 4.17. The molecule has 1 aromatic carbocycles. The molecule has 0 aliphatic carbocycles. The van der Waals surface area contributed by atoms with Gasteiger partial charge >= 0.3 is 0 Å². The molecule has 5 nitrogen and oxygen atoms in total. The van der Waals surface area contributed by atoms with Gasteiger partial charge in [0.05, 0.1) is 17.4 Å². The molecule has 1 unspecified atom stereocenters. The zero-order valence-electron chi connectivity index (χ0n) is 10.4. The molecule has 0 aliphatic rings. The molecule has 1 N–H and O–H groups in total. The maximum atomic E-state index is 12.3. The Morgan fingerprint density at radius 3 is 2.95 bits per heavy atom. The minimum absolute atomic E-state index is 0.131. The molecule has 0 saturated carbocycles. The molecule has 98 valence electrons. The summed E-state index contributed by atoms with van der Waals surface area (Å²) >= 11 is 0. The Kier molecular flexibility index (Phi) is 3.79. The maximum absolute atomic E-state index is 12.3. The Labute approximate surface area is 111 Å². The van der Waals surface area contributed by atoms with Gasteiger partial charge in [-0.25, -0.2) is 13.1 Å². The largest absolute Gasteiger partial charge is 0.264 e. The second kappa shape index (κ2) is 5.34. The van der Waals surface area contributed by atoms with Gasteiger partial charge in [-0.3, -0.25) is 4.98 Å². The first-order chi connectivity index (χ1) is 9.04. The fourth-order valence-electron chi connectivity index (χ4n) is 1.83. The second-order valence-electron chi connectivity index (χ2n) is 4.24.